The Morgan fingerprint density at radius 3 is 3.05 bits per heavy atom. The van der Waals surface area contributed by atoms with Crippen LogP contribution in [0.2, 0.25) is 0 Å². The third kappa shape index (κ3) is 6.21. The summed E-state index contributed by atoms with van der Waals surface area (Å²) in [4.78, 5) is 41.4. The number of rotatable bonds is 10. The molecule has 5 rings (SSSR count). The normalized spacial score (nSPS) is 18.4. The molecule has 0 bridgehead atoms. The Morgan fingerprint density at radius 1 is 1.29 bits per heavy atom. The minimum absolute atomic E-state index is 0.0165. The molecule has 202 valence electrons. The molecule has 2 aliphatic heterocycles. The molecule has 0 saturated carbocycles. The Morgan fingerprint density at radius 2 is 2.18 bits per heavy atom. The number of aromatic nitrogens is 3. The van der Waals surface area contributed by atoms with Crippen LogP contribution in [0.4, 0.5) is 11.6 Å². The van der Waals surface area contributed by atoms with E-state index in [1.807, 2.05) is 12.3 Å². The van der Waals surface area contributed by atoms with E-state index < -0.39 is 12.0 Å². The van der Waals surface area contributed by atoms with Crippen molar-refractivity contribution in [3.63, 3.8) is 0 Å². The smallest absolute Gasteiger partial charge is 0.328 e. The number of carboxylic acid groups (broad SMARTS) is 1. The van der Waals surface area contributed by atoms with Crippen LogP contribution in [0.5, 0.6) is 0 Å². The SMILES string of the molecule is Cc1csc2ncnc(NC(CNC(=O)[C@@H]3CCCN(CCCc4ccc5c(n4)NCCC5)C3)C(=O)O)c12. The molecule has 2 aliphatic rings. The fourth-order valence-electron chi connectivity index (χ4n) is 5.30. The van der Waals surface area contributed by atoms with Crippen LogP contribution >= 0.6 is 11.3 Å². The maximum atomic E-state index is 13.0. The Balaban J connectivity index is 1.10. The number of pyridine rings is 1. The Labute approximate surface area is 226 Å². The lowest BCUT2D eigenvalue weighted by Gasteiger charge is -2.32. The van der Waals surface area contributed by atoms with Crippen molar-refractivity contribution >= 4 is 45.1 Å². The molecule has 5 heterocycles. The van der Waals surface area contributed by atoms with E-state index in [1.165, 1.54) is 23.2 Å². The van der Waals surface area contributed by atoms with Gasteiger partial charge in [0.15, 0.2) is 0 Å². The Kier molecular flexibility index (Phi) is 8.33. The molecule has 1 amide bonds. The van der Waals surface area contributed by atoms with Crippen LogP contribution in [0.3, 0.4) is 0 Å². The third-order valence-electron chi connectivity index (χ3n) is 7.38. The molecule has 3 aromatic rings. The van der Waals surface area contributed by atoms with Gasteiger partial charge in [-0.1, -0.05) is 6.07 Å². The molecule has 2 atom stereocenters. The van der Waals surface area contributed by atoms with E-state index in [0.29, 0.717) is 12.4 Å². The van der Waals surface area contributed by atoms with Crippen molar-refractivity contribution < 1.29 is 14.7 Å². The molecular formula is C27H35N7O3S. The summed E-state index contributed by atoms with van der Waals surface area (Å²) in [5.74, 6) is 0.232. The van der Waals surface area contributed by atoms with Gasteiger partial charge >= 0.3 is 5.97 Å². The zero-order valence-electron chi connectivity index (χ0n) is 21.7. The lowest BCUT2D eigenvalue weighted by atomic mass is 9.96. The second-order valence-electron chi connectivity index (χ2n) is 10.2. The van der Waals surface area contributed by atoms with Gasteiger partial charge in [-0.3, -0.25) is 4.79 Å². The predicted octanol–water partition coefficient (Wildman–Crippen LogP) is 3.08. The molecule has 10 nitrogen and oxygen atoms in total. The van der Waals surface area contributed by atoms with Crippen LogP contribution in [0.1, 0.15) is 42.5 Å². The Bertz CT molecular complexity index is 1300. The van der Waals surface area contributed by atoms with E-state index in [0.717, 1.165) is 85.5 Å². The highest BCUT2D eigenvalue weighted by atomic mass is 32.1. The summed E-state index contributed by atoms with van der Waals surface area (Å²) in [7, 11) is 0. The van der Waals surface area contributed by atoms with Crippen LogP contribution in [0, 0.1) is 12.8 Å². The van der Waals surface area contributed by atoms with Crippen LogP contribution in [-0.2, 0) is 22.4 Å². The van der Waals surface area contributed by atoms with Gasteiger partial charge < -0.3 is 26.0 Å². The summed E-state index contributed by atoms with van der Waals surface area (Å²) >= 11 is 1.49. The number of piperidine rings is 1. The number of fused-ring (bicyclic) bond motifs is 2. The molecule has 1 unspecified atom stereocenters. The highest BCUT2D eigenvalue weighted by Crippen LogP contribution is 2.28. The molecule has 1 saturated heterocycles. The van der Waals surface area contributed by atoms with Crippen LogP contribution in [0.15, 0.2) is 23.8 Å². The number of hydrogen-bond donors (Lipinski definition) is 4. The highest BCUT2D eigenvalue weighted by Gasteiger charge is 2.27. The van der Waals surface area contributed by atoms with E-state index in [-0.39, 0.29) is 18.4 Å². The van der Waals surface area contributed by atoms with Gasteiger partial charge in [-0.2, -0.15) is 0 Å². The van der Waals surface area contributed by atoms with Crippen molar-refractivity contribution in [3.05, 3.63) is 40.7 Å². The van der Waals surface area contributed by atoms with Crippen molar-refractivity contribution in [2.75, 3.05) is 43.4 Å². The standard InChI is InChI=1S/C27H35N7O3S/c1-17-15-38-26-22(17)24(30-16-31-26)33-21(27(36)37)13-29-25(35)19-6-3-11-34(14-19)12-4-7-20-9-8-18-5-2-10-28-23(18)32-20/h8-9,15-16,19,21H,2-7,10-14H2,1H3,(H,28,32)(H,29,35)(H,36,37)(H,30,31,33)/t19-,21?/m1/s1. The Hall–Kier alpha value is -3.31. The fourth-order valence-corrected chi connectivity index (χ4v) is 6.19. The maximum absolute atomic E-state index is 13.0. The molecule has 4 N–H and O–H groups in total. The van der Waals surface area contributed by atoms with Crippen LogP contribution in [-0.4, -0.2) is 75.6 Å². The molecule has 1 fully saturated rings. The molecule has 38 heavy (non-hydrogen) atoms. The van der Waals surface area contributed by atoms with E-state index >= 15 is 0 Å². The van der Waals surface area contributed by atoms with Crippen LogP contribution < -0.4 is 16.0 Å². The zero-order valence-corrected chi connectivity index (χ0v) is 22.5. The fraction of sp³-hybridized carbons (Fsp3) is 0.519. The van der Waals surface area contributed by atoms with Gasteiger partial charge in [0.05, 0.1) is 11.3 Å². The largest absolute Gasteiger partial charge is 0.480 e. The summed E-state index contributed by atoms with van der Waals surface area (Å²) in [5.41, 5.74) is 3.40. The second kappa shape index (κ2) is 12.0. The van der Waals surface area contributed by atoms with Crippen molar-refractivity contribution in [1.29, 1.82) is 0 Å². The van der Waals surface area contributed by atoms with Gasteiger partial charge in [0.2, 0.25) is 5.91 Å². The summed E-state index contributed by atoms with van der Waals surface area (Å²) in [6.45, 7) is 5.50. The van der Waals surface area contributed by atoms with Crippen molar-refractivity contribution in [1.82, 2.24) is 25.2 Å². The van der Waals surface area contributed by atoms with Crippen LogP contribution in [0.25, 0.3) is 10.2 Å². The van der Waals surface area contributed by atoms with Crippen molar-refractivity contribution in [3.8, 4) is 0 Å². The number of aryl methyl sites for hydroxylation is 3. The number of carboxylic acids is 1. The summed E-state index contributed by atoms with van der Waals surface area (Å²) < 4.78 is 0. The zero-order chi connectivity index (χ0) is 26.5. The van der Waals surface area contributed by atoms with Gasteiger partial charge in [0.1, 0.15) is 28.8 Å². The number of anilines is 2. The summed E-state index contributed by atoms with van der Waals surface area (Å²) in [6.07, 6.45) is 7.34. The van der Waals surface area contributed by atoms with Gasteiger partial charge in [0.25, 0.3) is 0 Å². The monoisotopic (exact) mass is 537 g/mol. The van der Waals surface area contributed by atoms with E-state index in [9.17, 15) is 14.7 Å². The van der Waals surface area contributed by atoms with Gasteiger partial charge in [0, 0.05) is 25.3 Å². The topological polar surface area (TPSA) is 132 Å². The first-order chi connectivity index (χ1) is 18.5. The number of carbonyl (C=O) groups excluding carboxylic acids is 1. The number of hydrogen-bond acceptors (Lipinski definition) is 9. The first-order valence-corrected chi connectivity index (χ1v) is 14.3. The molecular weight excluding hydrogens is 502 g/mol. The number of thiophene rings is 1. The summed E-state index contributed by atoms with van der Waals surface area (Å²) in [6, 6.07) is 3.34. The van der Waals surface area contributed by atoms with E-state index in [1.54, 1.807) is 0 Å². The van der Waals surface area contributed by atoms with Crippen molar-refractivity contribution in [2.45, 2.75) is 51.5 Å². The molecule has 0 aromatic carbocycles. The summed E-state index contributed by atoms with van der Waals surface area (Å²) in [5, 5.41) is 21.8. The third-order valence-corrected chi connectivity index (χ3v) is 8.38. The minimum atomic E-state index is -1.04. The van der Waals surface area contributed by atoms with Crippen molar-refractivity contribution in [2.24, 2.45) is 5.92 Å². The first-order valence-electron chi connectivity index (χ1n) is 13.4. The lowest BCUT2D eigenvalue weighted by molar-refractivity contribution is -0.138. The average molecular weight is 538 g/mol. The van der Waals surface area contributed by atoms with Gasteiger partial charge in [-0.05, 0) is 81.1 Å². The number of nitrogens with one attached hydrogen (secondary N) is 3. The number of likely N-dealkylation sites (tertiary alicyclic amines) is 1. The van der Waals surface area contributed by atoms with E-state index in [2.05, 4.69) is 43.0 Å². The lowest BCUT2D eigenvalue weighted by Crippen LogP contribution is -2.47. The first kappa shape index (κ1) is 26.3. The number of carbonyl (C=O) groups is 2. The molecule has 3 aromatic heterocycles. The van der Waals surface area contributed by atoms with E-state index in [4.69, 9.17) is 4.98 Å². The molecule has 11 heteroatoms. The highest BCUT2D eigenvalue weighted by molar-refractivity contribution is 7.17. The predicted molar refractivity (Wildman–Crippen MR) is 149 cm³/mol. The maximum Gasteiger partial charge on any atom is 0.328 e. The average Bonchev–Trinajstić information content (AvgIpc) is 3.32. The number of nitrogens with zero attached hydrogens (tertiary/aromatic N) is 4. The number of aliphatic carboxylic acids is 1. The molecule has 0 spiro atoms. The number of amides is 1. The van der Waals surface area contributed by atoms with Gasteiger partial charge in [-0.25, -0.2) is 19.7 Å². The van der Waals surface area contributed by atoms with Gasteiger partial charge in [-0.15, -0.1) is 11.3 Å². The second-order valence-corrected chi connectivity index (χ2v) is 11.0. The molecule has 0 aliphatic carbocycles. The molecule has 0 radical (unpaired) electrons. The quantitative estimate of drug-likeness (QED) is 0.308. The minimum Gasteiger partial charge on any atom is -0.480 e.